The summed E-state index contributed by atoms with van der Waals surface area (Å²) in [5.74, 6) is -0.158. The zero-order valence-electron chi connectivity index (χ0n) is 8.10. The number of aliphatic hydroxyl groups excluding tert-OH is 1. The monoisotopic (exact) mass is 198 g/mol. The summed E-state index contributed by atoms with van der Waals surface area (Å²) < 4.78 is 0. The van der Waals surface area contributed by atoms with Gasteiger partial charge in [-0.1, -0.05) is 0 Å². The van der Waals surface area contributed by atoms with Crippen LogP contribution in [0.2, 0.25) is 0 Å². The molecule has 1 heterocycles. The first-order valence-corrected chi connectivity index (χ1v) is 4.55. The lowest BCUT2D eigenvalue weighted by molar-refractivity contribution is 0.0748. The van der Waals surface area contributed by atoms with Crippen molar-refractivity contribution in [2.45, 2.75) is 13.3 Å². The van der Waals surface area contributed by atoms with Gasteiger partial charge in [-0.15, -0.1) is 0 Å². The Balaban J connectivity index is 2.56. The standard InChI is InChI=1S/C8H14N4O2/c1-2-12(4-3-5-13)8(14)7-6-9-11-10-7/h6,13H,2-5H2,1H3,(H,9,10,11). The second-order valence-corrected chi connectivity index (χ2v) is 2.82. The van der Waals surface area contributed by atoms with Gasteiger partial charge in [0.2, 0.25) is 0 Å². The van der Waals surface area contributed by atoms with Crippen LogP contribution in [0.3, 0.4) is 0 Å². The normalized spacial score (nSPS) is 10.1. The average molecular weight is 198 g/mol. The van der Waals surface area contributed by atoms with Crippen LogP contribution < -0.4 is 0 Å². The lowest BCUT2D eigenvalue weighted by Crippen LogP contribution is -2.32. The summed E-state index contributed by atoms with van der Waals surface area (Å²) in [6.45, 7) is 3.11. The molecule has 0 aromatic carbocycles. The summed E-state index contributed by atoms with van der Waals surface area (Å²) in [6.07, 6.45) is 1.97. The summed E-state index contributed by atoms with van der Waals surface area (Å²) in [4.78, 5) is 13.3. The van der Waals surface area contributed by atoms with Gasteiger partial charge in [0, 0.05) is 19.7 Å². The summed E-state index contributed by atoms with van der Waals surface area (Å²) in [7, 11) is 0. The van der Waals surface area contributed by atoms with Crippen molar-refractivity contribution in [3.05, 3.63) is 11.9 Å². The molecule has 0 saturated carbocycles. The average Bonchev–Trinajstić information content (AvgIpc) is 2.71. The number of rotatable bonds is 5. The van der Waals surface area contributed by atoms with Crippen LogP contribution in [0.5, 0.6) is 0 Å². The summed E-state index contributed by atoms with van der Waals surface area (Å²) in [5, 5.41) is 18.3. The maximum Gasteiger partial charge on any atom is 0.276 e. The second kappa shape index (κ2) is 5.33. The van der Waals surface area contributed by atoms with Gasteiger partial charge in [0.25, 0.3) is 5.91 Å². The third-order valence-electron chi connectivity index (χ3n) is 1.89. The zero-order chi connectivity index (χ0) is 10.4. The molecule has 1 amide bonds. The topological polar surface area (TPSA) is 82.1 Å². The number of amides is 1. The maximum atomic E-state index is 11.7. The van der Waals surface area contributed by atoms with E-state index in [0.717, 1.165) is 0 Å². The Bertz CT molecular complexity index is 273. The highest BCUT2D eigenvalue weighted by Gasteiger charge is 2.15. The molecule has 0 aliphatic heterocycles. The first-order valence-electron chi connectivity index (χ1n) is 4.55. The molecule has 0 radical (unpaired) electrons. The van der Waals surface area contributed by atoms with Crippen molar-refractivity contribution in [1.82, 2.24) is 20.3 Å². The molecule has 0 bridgehead atoms. The fourth-order valence-electron chi connectivity index (χ4n) is 1.13. The molecule has 0 atom stereocenters. The van der Waals surface area contributed by atoms with Gasteiger partial charge in [0.15, 0.2) is 5.69 Å². The molecule has 14 heavy (non-hydrogen) atoms. The molecule has 0 spiro atoms. The van der Waals surface area contributed by atoms with Gasteiger partial charge in [-0.3, -0.25) is 4.79 Å². The lowest BCUT2D eigenvalue weighted by Gasteiger charge is -2.18. The molecule has 78 valence electrons. The van der Waals surface area contributed by atoms with E-state index in [2.05, 4.69) is 15.4 Å². The molecule has 0 fully saturated rings. The van der Waals surface area contributed by atoms with E-state index in [4.69, 9.17) is 5.11 Å². The lowest BCUT2D eigenvalue weighted by atomic mass is 10.3. The number of carbonyl (C=O) groups excluding carboxylic acids is 1. The highest BCUT2D eigenvalue weighted by molar-refractivity contribution is 5.91. The SMILES string of the molecule is CCN(CCCO)C(=O)c1cn[nH]n1. The molecule has 2 N–H and O–H groups in total. The Morgan fingerprint density at radius 3 is 3.00 bits per heavy atom. The van der Waals surface area contributed by atoms with Gasteiger partial charge < -0.3 is 10.0 Å². The highest BCUT2D eigenvalue weighted by atomic mass is 16.3. The predicted octanol–water partition coefficient (Wildman–Crippen LogP) is -0.351. The molecule has 0 saturated heterocycles. The highest BCUT2D eigenvalue weighted by Crippen LogP contribution is 2.00. The van der Waals surface area contributed by atoms with E-state index in [1.165, 1.54) is 6.20 Å². The van der Waals surface area contributed by atoms with Crippen LogP contribution in [-0.2, 0) is 0 Å². The van der Waals surface area contributed by atoms with Crippen molar-refractivity contribution in [2.75, 3.05) is 19.7 Å². The van der Waals surface area contributed by atoms with Crippen molar-refractivity contribution < 1.29 is 9.90 Å². The van der Waals surface area contributed by atoms with Crippen LogP contribution in [-0.4, -0.2) is 51.0 Å². The van der Waals surface area contributed by atoms with Gasteiger partial charge in [0.1, 0.15) is 0 Å². The number of hydrogen-bond donors (Lipinski definition) is 2. The largest absolute Gasteiger partial charge is 0.396 e. The van der Waals surface area contributed by atoms with Crippen LogP contribution in [0.15, 0.2) is 6.20 Å². The summed E-state index contributed by atoms with van der Waals surface area (Å²) >= 11 is 0. The Morgan fingerprint density at radius 2 is 2.50 bits per heavy atom. The minimum absolute atomic E-state index is 0.0859. The van der Waals surface area contributed by atoms with Gasteiger partial charge in [-0.2, -0.15) is 15.4 Å². The quantitative estimate of drug-likeness (QED) is 0.677. The number of aromatic amines is 1. The van der Waals surface area contributed by atoms with E-state index in [9.17, 15) is 4.79 Å². The molecule has 0 aliphatic rings. The first kappa shape index (κ1) is 10.6. The smallest absolute Gasteiger partial charge is 0.276 e. The number of H-pyrrole nitrogens is 1. The molecule has 1 rings (SSSR count). The van der Waals surface area contributed by atoms with E-state index in [1.54, 1.807) is 4.90 Å². The number of aliphatic hydroxyl groups is 1. The fourth-order valence-corrected chi connectivity index (χ4v) is 1.13. The van der Waals surface area contributed by atoms with E-state index in [0.29, 0.717) is 25.2 Å². The van der Waals surface area contributed by atoms with Crippen LogP contribution in [0.25, 0.3) is 0 Å². The zero-order valence-corrected chi connectivity index (χ0v) is 8.10. The van der Waals surface area contributed by atoms with E-state index < -0.39 is 0 Å². The fraction of sp³-hybridized carbons (Fsp3) is 0.625. The summed E-state index contributed by atoms with van der Waals surface area (Å²) in [5.41, 5.74) is 0.310. The molecular formula is C8H14N4O2. The Hall–Kier alpha value is -1.43. The van der Waals surface area contributed by atoms with Gasteiger partial charge in [-0.05, 0) is 13.3 Å². The molecule has 0 aliphatic carbocycles. The van der Waals surface area contributed by atoms with Crippen LogP contribution in [0, 0.1) is 0 Å². The minimum Gasteiger partial charge on any atom is -0.396 e. The number of nitrogens with one attached hydrogen (secondary N) is 1. The third kappa shape index (κ3) is 2.53. The van der Waals surface area contributed by atoms with Crippen molar-refractivity contribution in [2.24, 2.45) is 0 Å². The van der Waals surface area contributed by atoms with E-state index >= 15 is 0 Å². The van der Waals surface area contributed by atoms with Crippen molar-refractivity contribution in [3.63, 3.8) is 0 Å². The number of carbonyl (C=O) groups is 1. The van der Waals surface area contributed by atoms with Crippen LogP contribution in [0.4, 0.5) is 0 Å². The molecule has 6 nitrogen and oxygen atoms in total. The molecule has 0 unspecified atom stereocenters. The Labute approximate surface area is 81.9 Å². The van der Waals surface area contributed by atoms with E-state index in [-0.39, 0.29) is 12.5 Å². The third-order valence-corrected chi connectivity index (χ3v) is 1.89. The van der Waals surface area contributed by atoms with Gasteiger partial charge in [0.05, 0.1) is 6.20 Å². The predicted molar refractivity (Wildman–Crippen MR) is 49.7 cm³/mol. The van der Waals surface area contributed by atoms with Crippen molar-refractivity contribution in [1.29, 1.82) is 0 Å². The van der Waals surface area contributed by atoms with E-state index in [1.807, 2.05) is 6.92 Å². The number of aromatic nitrogens is 3. The van der Waals surface area contributed by atoms with Crippen LogP contribution in [0.1, 0.15) is 23.8 Å². The van der Waals surface area contributed by atoms with Crippen molar-refractivity contribution >= 4 is 5.91 Å². The van der Waals surface area contributed by atoms with Crippen LogP contribution >= 0.6 is 0 Å². The van der Waals surface area contributed by atoms with Gasteiger partial charge in [-0.25, -0.2) is 0 Å². The number of hydrogen-bond acceptors (Lipinski definition) is 4. The Morgan fingerprint density at radius 1 is 1.71 bits per heavy atom. The second-order valence-electron chi connectivity index (χ2n) is 2.82. The molecule has 1 aromatic rings. The van der Waals surface area contributed by atoms with Gasteiger partial charge >= 0.3 is 0 Å². The Kier molecular flexibility index (Phi) is 4.06. The maximum absolute atomic E-state index is 11.7. The molecule has 1 aromatic heterocycles. The number of nitrogens with zero attached hydrogens (tertiary/aromatic N) is 3. The first-order chi connectivity index (χ1) is 6.79. The molecule has 6 heteroatoms. The van der Waals surface area contributed by atoms with Crippen molar-refractivity contribution in [3.8, 4) is 0 Å². The minimum atomic E-state index is -0.158. The molecular weight excluding hydrogens is 184 g/mol. The summed E-state index contributed by atoms with van der Waals surface area (Å²) in [6, 6.07) is 0.